The summed E-state index contributed by atoms with van der Waals surface area (Å²) in [6, 6.07) is 14.0. The fourth-order valence-electron chi connectivity index (χ4n) is 1.86. The maximum Gasteiger partial charge on any atom is 0.202 e. The normalized spacial score (nSPS) is 11.5. The smallest absolute Gasteiger partial charge is 0.202 e. The summed E-state index contributed by atoms with van der Waals surface area (Å²) < 4.78 is 5.60. The summed E-state index contributed by atoms with van der Waals surface area (Å²) in [7, 11) is 0. The Morgan fingerprint density at radius 1 is 1.24 bits per heavy atom. The molecule has 0 radical (unpaired) electrons. The number of Topliss-reactive ketones (excluding diaryl/α,β-unsaturated/α-hetero) is 1. The molecule has 106 valence electrons. The van der Waals surface area contributed by atoms with E-state index in [0.29, 0.717) is 21.9 Å². The van der Waals surface area contributed by atoms with Crippen molar-refractivity contribution in [1.82, 2.24) is 0 Å². The highest BCUT2D eigenvalue weighted by Crippen LogP contribution is 2.26. The van der Waals surface area contributed by atoms with Gasteiger partial charge in [0, 0.05) is 5.56 Å². The Hall–Kier alpha value is -2.31. The topological polar surface area (TPSA) is 50.1 Å². The van der Waals surface area contributed by atoms with Crippen LogP contribution in [-0.2, 0) is 0 Å². The van der Waals surface area contributed by atoms with Gasteiger partial charge in [0.25, 0.3) is 0 Å². The van der Waals surface area contributed by atoms with Crippen molar-refractivity contribution in [2.75, 3.05) is 0 Å². The van der Waals surface area contributed by atoms with Gasteiger partial charge in [-0.25, -0.2) is 0 Å². The molecule has 0 amide bonds. The molecular weight excluding hydrogens is 286 g/mol. The average molecular weight is 300 g/mol. The van der Waals surface area contributed by atoms with Crippen LogP contribution in [0.5, 0.6) is 5.75 Å². The number of nitrogens with zero attached hydrogens (tertiary/aromatic N) is 1. The molecule has 0 aliphatic rings. The first kappa shape index (κ1) is 15.1. The monoisotopic (exact) mass is 299 g/mol. The van der Waals surface area contributed by atoms with Gasteiger partial charge in [-0.3, -0.25) is 4.79 Å². The van der Waals surface area contributed by atoms with Crippen molar-refractivity contribution in [3.05, 3.63) is 64.2 Å². The van der Waals surface area contributed by atoms with Crippen LogP contribution >= 0.6 is 11.6 Å². The van der Waals surface area contributed by atoms with E-state index in [-0.39, 0.29) is 5.78 Å². The van der Waals surface area contributed by atoms with E-state index >= 15 is 0 Å². The fraction of sp³-hybridized carbons (Fsp3) is 0.176. The summed E-state index contributed by atoms with van der Waals surface area (Å²) in [5.41, 5.74) is 2.14. The molecular formula is C17H14ClNO2. The third-order valence-electron chi connectivity index (χ3n) is 3.07. The zero-order chi connectivity index (χ0) is 15.4. The summed E-state index contributed by atoms with van der Waals surface area (Å²) in [6.07, 6.45) is -0.654. The van der Waals surface area contributed by atoms with Crippen LogP contribution in [0.4, 0.5) is 0 Å². The number of benzene rings is 2. The molecule has 2 aromatic carbocycles. The van der Waals surface area contributed by atoms with Gasteiger partial charge in [0.1, 0.15) is 5.75 Å². The van der Waals surface area contributed by atoms with E-state index < -0.39 is 6.10 Å². The Kier molecular flexibility index (Phi) is 4.62. The first-order valence-electron chi connectivity index (χ1n) is 6.48. The van der Waals surface area contributed by atoms with Gasteiger partial charge in [0.05, 0.1) is 16.7 Å². The van der Waals surface area contributed by atoms with Crippen LogP contribution in [-0.4, -0.2) is 11.9 Å². The summed E-state index contributed by atoms with van der Waals surface area (Å²) in [5, 5.41) is 9.11. The van der Waals surface area contributed by atoms with E-state index in [9.17, 15) is 4.79 Å². The molecule has 0 N–H and O–H groups in total. The van der Waals surface area contributed by atoms with Gasteiger partial charge in [0.2, 0.25) is 5.78 Å². The van der Waals surface area contributed by atoms with Gasteiger partial charge in [-0.15, -0.1) is 0 Å². The molecule has 0 bridgehead atoms. The lowest BCUT2D eigenvalue weighted by Gasteiger charge is -2.15. The van der Waals surface area contributed by atoms with Crippen LogP contribution in [0, 0.1) is 18.3 Å². The van der Waals surface area contributed by atoms with Crippen LogP contribution in [0.1, 0.15) is 28.4 Å². The minimum absolute atomic E-state index is 0.115. The SMILES string of the molecule is Cc1ccc(C(=O)[C@H](C)Oc2ccc(C#N)cc2Cl)cc1. The van der Waals surface area contributed by atoms with E-state index in [4.69, 9.17) is 21.6 Å². The van der Waals surface area contributed by atoms with Gasteiger partial charge in [-0.05, 0) is 32.0 Å². The Morgan fingerprint density at radius 3 is 2.48 bits per heavy atom. The van der Waals surface area contributed by atoms with Crippen LogP contribution < -0.4 is 4.74 Å². The summed E-state index contributed by atoms with van der Waals surface area (Å²) >= 11 is 6.04. The molecule has 0 aliphatic heterocycles. The van der Waals surface area contributed by atoms with Crippen molar-refractivity contribution in [3.63, 3.8) is 0 Å². The number of ketones is 1. The van der Waals surface area contributed by atoms with E-state index in [2.05, 4.69) is 0 Å². The molecule has 0 spiro atoms. The lowest BCUT2D eigenvalue weighted by atomic mass is 10.1. The molecule has 0 unspecified atom stereocenters. The van der Waals surface area contributed by atoms with Gasteiger partial charge >= 0.3 is 0 Å². The molecule has 0 fully saturated rings. The van der Waals surface area contributed by atoms with E-state index in [0.717, 1.165) is 5.56 Å². The van der Waals surface area contributed by atoms with Gasteiger partial charge in [-0.1, -0.05) is 41.4 Å². The molecule has 0 aromatic heterocycles. The average Bonchev–Trinajstić information content (AvgIpc) is 2.49. The number of rotatable bonds is 4. The molecule has 4 heteroatoms. The quantitative estimate of drug-likeness (QED) is 0.796. The van der Waals surface area contributed by atoms with E-state index in [1.165, 1.54) is 6.07 Å². The molecule has 0 saturated carbocycles. The second-order valence-corrected chi connectivity index (χ2v) is 5.15. The Balaban J connectivity index is 2.14. The Bertz CT molecular complexity index is 702. The van der Waals surface area contributed by atoms with Crippen molar-refractivity contribution in [3.8, 4) is 11.8 Å². The van der Waals surface area contributed by atoms with E-state index in [1.54, 1.807) is 31.2 Å². The van der Waals surface area contributed by atoms with E-state index in [1.807, 2.05) is 25.1 Å². The number of ether oxygens (including phenoxy) is 1. The minimum Gasteiger partial charge on any atom is -0.481 e. The van der Waals surface area contributed by atoms with Crippen molar-refractivity contribution in [2.45, 2.75) is 20.0 Å². The zero-order valence-corrected chi connectivity index (χ0v) is 12.5. The lowest BCUT2D eigenvalue weighted by Crippen LogP contribution is -2.24. The molecule has 0 heterocycles. The first-order valence-corrected chi connectivity index (χ1v) is 6.86. The predicted octanol–water partition coefficient (Wildman–Crippen LogP) is 4.17. The first-order chi connectivity index (χ1) is 10.0. The highest BCUT2D eigenvalue weighted by molar-refractivity contribution is 6.32. The van der Waals surface area contributed by atoms with Crippen molar-refractivity contribution in [1.29, 1.82) is 5.26 Å². The molecule has 1 atom stereocenters. The highest BCUT2D eigenvalue weighted by Gasteiger charge is 2.18. The van der Waals surface area contributed by atoms with Crippen molar-refractivity contribution in [2.24, 2.45) is 0 Å². The Labute approximate surface area is 128 Å². The van der Waals surface area contributed by atoms with Crippen LogP contribution in [0.3, 0.4) is 0 Å². The third-order valence-corrected chi connectivity index (χ3v) is 3.37. The number of hydrogen-bond donors (Lipinski definition) is 0. The lowest BCUT2D eigenvalue weighted by molar-refractivity contribution is 0.0818. The van der Waals surface area contributed by atoms with Crippen LogP contribution in [0.15, 0.2) is 42.5 Å². The number of carbonyl (C=O) groups is 1. The second-order valence-electron chi connectivity index (χ2n) is 4.75. The number of aryl methyl sites for hydroxylation is 1. The summed E-state index contributed by atoms with van der Waals surface area (Å²) in [5.74, 6) is 0.277. The van der Waals surface area contributed by atoms with Gasteiger partial charge < -0.3 is 4.74 Å². The Morgan fingerprint density at radius 2 is 1.90 bits per heavy atom. The van der Waals surface area contributed by atoms with Crippen molar-refractivity contribution >= 4 is 17.4 Å². The maximum absolute atomic E-state index is 12.3. The molecule has 21 heavy (non-hydrogen) atoms. The van der Waals surface area contributed by atoms with Crippen LogP contribution in [0.2, 0.25) is 5.02 Å². The van der Waals surface area contributed by atoms with Crippen LogP contribution in [0.25, 0.3) is 0 Å². The number of hydrogen-bond acceptors (Lipinski definition) is 3. The maximum atomic E-state index is 12.3. The summed E-state index contributed by atoms with van der Waals surface area (Å²) in [4.78, 5) is 12.3. The molecule has 2 aromatic rings. The minimum atomic E-state index is -0.654. The van der Waals surface area contributed by atoms with Gasteiger partial charge in [0.15, 0.2) is 6.10 Å². The third kappa shape index (κ3) is 3.62. The largest absolute Gasteiger partial charge is 0.481 e. The molecule has 0 aliphatic carbocycles. The molecule has 0 saturated heterocycles. The molecule has 3 nitrogen and oxygen atoms in total. The number of nitriles is 1. The van der Waals surface area contributed by atoms with Gasteiger partial charge in [-0.2, -0.15) is 5.26 Å². The zero-order valence-electron chi connectivity index (χ0n) is 11.8. The molecule has 2 rings (SSSR count). The predicted molar refractivity (Wildman–Crippen MR) is 81.8 cm³/mol. The summed E-state index contributed by atoms with van der Waals surface area (Å²) in [6.45, 7) is 3.64. The second kappa shape index (κ2) is 6.43. The fourth-order valence-corrected chi connectivity index (χ4v) is 2.09. The number of halogens is 1. The van der Waals surface area contributed by atoms with Crippen molar-refractivity contribution < 1.29 is 9.53 Å². The highest BCUT2D eigenvalue weighted by atomic mass is 35.5. The standard InChI is InChI=1S/C17H14ClNO2/c1-11-3-6-14(7-4-11)17(20)12(2)21-16-8-5-13(10-19)9-15(16)18/h3-9,12H,1-2H3/t12-/m0/s1. The number of carbonyl (C=O) groups excluding carboxylic acids is 1.